The van der Waals surface area contributed by atoms with Gasteiger partial charge in [0.15, 0.2) is 0 Å². The molecule has 1 aromatic heterocycles. The van der Waals surface area contributed by atoms with Crippen molar-refractivity contribution in [3.05, 3.63) is 53.9 Å². The van der Waals surface area contributed by atoms with E-state index in [2.05, 4.69) is 4.98 Å². The number of pyridine rings is 1. The zero-order chi connectivity index (χ0) is 13.2. The number of rotatable bonds is 2. The Bertz CT molecular complexity index is 538. The smallest absolute Gasteiger partial charge is 0.264 e. The molecule has 0 saturated heterocycles. The fraction of sp³-hybridized carbons (Fsp3) is 0.154. The van der Waals surface area contributed by atoms with Gasteiger partial charge in [-0.25, -0.2) is 0 Å². The van der Waals surface area contributed by atoms with E-state index in [1.165, 1.54) is 12.1 Å². The third-order valence-electron chi connectivity index (χ3n) is 2.55. The van der Waals surface area contributed by atoms with Crippen LogP contribution in [0.3, 0.4) is 0 Å². The van der Waals surface area contributed by atoms with Crippen LogP contribution in [0.2, 0.25) is 0 Å². The highest BCUT2D eigenvalue weighted by Crippen LogP contribution is 2.34. The van der Waals surface area contributed by atoms with Crippen LogP contribution in [-0.4, -0.2) is 4.98 Å². The van der Waals surface area contributed by atoms with Crippen LogP contribution in [0.25, 0.3) is 11.1 Å². The van der Waals surface area contributed by atoms with Crippen LogP contribution < -0.4 is 0 Å². The summed E-state index contributed by atoms with van der Waals surface area (Å²) in [6.45, 7) is 0. The molecule has 0 N–H and O–H groups in total. The summed E-state index contributed by atoms with van der Waals surface area (Å²) in [6, 6.07) is 7.45. The van der Waals surface area contributed by atoms with Gasteiger partial charge in [-0.05, 0) is 34.9 Å². The van der Waals surface area contributed by atoms with Crippen LogP contribution in [0.5, 0.6) is 0 Å². The number of benzene rings is 1. The summed E-state index contributed by atoms with van der Waals surface area (Å²) in [5.41, 5.74) is 0.819. The Labute approximate surface area is 107 Å². The van der Waals surface area contributed by atoms with Crippen LogP contribution in [0.1, 0.15) is 11.1 Å². The summed E-state index contributed by atoms with van der Waals surface area (Å²) in [7, 11) is 0. The Balaban J connectivity index is 2.49. The van der Waals surface area contributed by atoms with Gasteiger partial charge in [0.1, 0.15) is 0 Å². The molecule has 0 amide bonds. The Kier molecular flexibility index (Phi) is 3.57. The van der Waals surface area contributed by atoms with Crippen molar-refractivity contribution in [2.75, 3.05) is 0 Å². The van der Waals surface area contributed by atoms with Crippen LogP contribution in [0, 0.1) is 0 Å². The summed E-state index contributed by atoms with van der Waals surface area (Å²) >= 11 is 5.58. The number of aromatic nitrogens is 1. The maximum Gasteiger partial charge on any atom is 0.416 e. The highest BCUT2D eigenvalue weighted by Gasteiger charge is 2.32. The molecule has 0 aliphatic heterocycles. The number of halogens is 4. The Morgan fingerprint density at radius 2 is 1.89 bits per heavy atom. The topological polar surface area (TPSA) is 12.9 Å². The molecule has 18 heavy (non-hydrogen) atoms. The molecule has 0 saturated carbocycles. The molecule has 0 aliphatic rings. The van der Waals surface area contributed by atoms with Crippen molar-refractivity contribution < 1.29 is 13.2 Å². The fourth-order valence-corrected chi connectivity index (χ4v) is 1.92. The molecule has 1 heterocycles. The van der Waals surface area contributed by atoms with Crippen LogP contribution in [0.15, 0.2) is 42.7 Å². The van der Waals surface area contributed by atoms with E-state index in [9.17, 15) is 13.2 Å². The maximum absolute atomic E-state index is 12.7. The molecule has 0 aliphatic carbocycles. The van der Waals surface area contributed by atoms with Crippen molar-refractivity contribution in [1.29, 1.82) is 0 Å². The molecule has 0 bridgehead atoms. The van der Waals surface area contributed by atoms with Gasteiger partial charge in [-0.15, -0.1) is 11.6 Å². The van der Waals surface area contributed by atoms with Gasteiger partial charge in [0.2, 0.25) is 0 Å². The molecule has 0 unspecified atom stereocenters. The molecular weight excluding hydrogens is 263 g/mol. The average molecular weight is 272 g/mol. The monoisotopic (exact) mass is 271 g/mol. The minimum absolute atomic E-state index is 0.0746. The van der Waals surface area contributed by atoms with E-state index in [4.69, 9.17) is 11.6 Å². The predicted octanol–water partition coefficient (Wildman–Crippen LogP) is 4.51. The van der Waals surface area contributed by atoms with Crippen LogP contribution in [0.4, 0.5) is 13.2 Å². The number of hydrogen-bond donors (Lipinski definition) is 0. The molecule has 0 radical (unpaired) electrons. The molecule has 0 atom stereocenters. The Morgan fingerprint density at radius 1 is 1.11 bits per heavy atom. The fourth-order valence-electron chi connectivity index (χ4n) is 1.69. The van der Waals surface area contributed by atoms with Gasteiger partial charge in [0.25, 0.3) is 0 Å². The minimum atomic E-state index is -4.38. The average Bonchev–Trinajstić information content (AvgIpc) is 2.38. The van der Waals surface area contributed by atoms with Crippen molar-refractivity contribution in [2.24, 2.45) is 0 Å². The third kappa shape index (κ3) is 2.64. The second kappa shape index (κ2) is 4.98. The maximum atomic E-state index is 12.7. The van der Waals surface area contributed by atoms with E-state index in [0.717, 1.165) is 11.6 Å². The standard InChI is InChI=1S/C13H9ClF3N/c14-7-11-6-9(10-2-1-5-18-8-10)3-4-12(11)13(15,16)17/h1-6,8H,7H2. The predicted molar refractivity (Wildman–Crippen MR) is 64.2 cm³/mol. The molecule has 94 valence electrons. The zero-order valence-electron chi connectivity index (χ0n) is 9.21. The lowest BCUT2D eigenvalue weighted by Gasteiger charge is -2.12. The van der Waals surface area contributed by atoms with E-state index in [0.29, 0.717) is 5.56 Å². The molecular formula is C13H9ClF3N. The molecule has 1 nitrogen and oxygen atoms in total. The summed E-state index contributed by atoms with van der Waals surface area (Å²) in [5.74, 6) is -0.178. The van der Waals surface area contributed by atoms with E-state index in [1.807, 2.05) is 0 Å². The second-order valence-corrected chi connectivity index (χ2v) is 4.01. The molecule has 1 aromatic carbocycles. The lowest BCUT2D eigenvalue weighted by molar-refractivity contribution is -0.138. The minimum Gasteiger partial charge on any atom is -0.264 e. The number of alkyl halides is 4. The van der Waals surface area contributed by atoms with Gasteiger partial charge < -0.3 is 0 Å². The van der Waals surface area contributed by atoms with E-state index in [1.54, 1.807) is 24.5 Å². The van der Waals surface area contributed by atoms with Crippen molar-refractivity contribution in [3.8, 4) is 11.1 Å². The SMILES string of the molecule is FC(F)(F)c1ccc(-c2cccnc2)cc1CCl. The first-order valence-corrected chi connectivity index (χ1v) is 5.72. The molecule has 0 spiro atoms. The quantitative estimate of drug-likeness (QED) is 0.733. The summed E-state index contributed by atoms with van der Waals surface area (Å²) in [4.78, 5) is 3.93. The van der Waals surface area contributed by atoms with Gasteiger partial charge >= 0.3 is 6.18 Å². The molecule has 2 aromatic rings. The lowest BCUT2D eigenvalue weighted by Crippen LogP contribution is -2.08. The molecule has 5 heteroatoms. The first-order valence-electron chi connectivity index (χ1n) is 5.19. The van der Waals surface area contributed by atoms with E-state index >= 15 is 0 Å². The summed E-state index contributed by atoms with van der Waals surface area (Å²) < 4.78 is 38.1. The van der Waals surface area contributed by atoms with Gasteiger partial charge in [0, 0.05) is 18.3 Å². The molecule has 2 rings (SSSR count). The first-order chi connectivity index (χ1) is 8.52. The highest BCUT2D eigenvalue weighted by atomic mass is 35.5. The van der Waals surface area contributed by atoms with Gasteiger partial charge in [-0.2, -0.15) is 13.2 Å². The number of nitrogens with zero attached hydrogens (tertiary/aromatic N) is 1. The van der Waals surface area contributed by atoms with Crippen molar-refractivity contribution in [1.82, 2.24) is 4.98 Å². The largest absolute Gasteiger partial charge is 0.416 e. The van der Waals surface area contributed by atoms with Gasteiger partial charge in [-0.3, -0.25) is 4.98 Å². The zero-order valence-corrected chi connectivity index (χ0v) is 9.96. The summed E-state index contributed by atoms with van der Waals surface area (Å²) in [5, 5.41) is 0. The van der Waals surface area contributed by atoms with Crippen LogP contribution >= 0.6 is 11.6 Å². The Morgan fingerprint density at radius 3 is 2.44 bits per heavy atom. The molecule has 0 fully saturated rings. The van der Waals surface area contributed by atoms with Crippen molar-refractivity contribution in [3.63, 3.8) is 0 Å². The highest BCUT2D eigenvalue weighted by molar-refractivity contribution is 6.17. The lowest BCUT2D eigenvalue weighted by atomic mass is 10.0. The summed E-state index contributed by atoms with van der Waals surface area (Å²) in [6.07, 6.45) is -1.17. The van der Waals surface area contributed by atoms with Crippen molar-refractivity contribution >= 4 is 11.6 Å². The van der Waals surface area contributed by atoms with E-state index in [-0.39, 0.29) is 11.4 Å². The van der Waals surface area contributed by atoms with E-state index < -0.39 is 11.7 Å². The Hall–Kier alpha value is -1.55. The van der Waals surface area contributed by atoms with Gasteiger partial charge in [0.05, 0.1) is 5.56 Å². The second-order valence-electron chi connectivity index (χ2n) is 3.75. The third-order valence-corrected chi connectivity index (χ3v) is 2.84. The normalized spacial score (nSPS) is 11.6. The first kappa shape index (κ1) is 12.9. The number of hydrogen-bond acceptors (Lipinski definition) is 1. The van der Waals surface area contributed by atoms with Gasteiger partial charge in [-0.1, -0.05) is 12.1 Å². The van der Waals surface area contributed by atoms with Crippen molar-refractivity contribution in [2.45, 2.75) is 12.1 Å². The van der Waals surface area contributed by atoms with Crippen LogP contribution in [-0.2, 0) is 12.1 Å².